The van der Waals surface area contributed by atoms with Gasteiger partial charge in [0.2, 0.25) is 0 Å². The lowest BCUT2D eigenvalue weighted by Crippen LogP contribution is -2.33. The van der Waals surface area contributed by atoms with Crippen LogP contribution in [-0.2, 0) is 14.3 Å². The molecule has 0 aliphatic rings. The van der Waals surface area contributed by atoms with E-state index in [1.807, 2.05) is 0 Å². The Bertz CT molecular complexity index is 281. The number of carbonyl (C=O) groups excluding carboxylic acids is 2. The molecule has 0 aromatic rings. The van der Waals surface area contributed by atoms with Gasteiger partial charge in [-0.15, -0.1) is 0 Å². The molecule has 0 amide bonds. The van der Waals surface area contributed by atoms with Gasteiger partial charge < -0.3 is 9.47 Å². The lowest BCUT2D eigenvalue weighted by atomic mass is 10.2. The van der Waals surface area contributed by atoms with Crippen molar-refractivity contribution < 1.29 is 19.1 Å². The molecule has 1 atom stereocenters. The van der Waals surface area contributed by atoms with Gasteiger partial charge in [-0.3, -0.25) is 4.79 Å². The molecular weight excluding hydrogens is 322 g/mol. The highest BCUT2D eigenvalue weighted by molar-refractivity contribution is 9.09. The Morgan fingerprint density at radius 3 is 2.50 bits per heavy atom. The second-order valence-corrected chi connectivity index (χ2v) is 6.18. The first kappa shape index (κ1) is 17.7. The van der Waals surface area contributed by atoms with Gasteiger partial charge in [0.15, 0.2) is 0 Å². The van der Waals surface area contributed by atoms with E-state index in [0.29, 0.717) is 6.61 Å². The van der Waals surface area contributed by atoms with E-state index in [2.05, 4.69) is 20.7 Å². The van der Waals surface area contributed by atoms with Crippen LogP contribution in [0.1, 0.15) is 34.1 Å². The third kappa shape index (κ3) is 9.73. The molecule has 1 N–H and O–H groups in total. The Morgan fingerprint density at radius 2 is 2.00 bits per heavy atom. The Hall–Kier alpha value is -0.270. The van der Waals surface area contributed by atoms with Crippen molar-refractivity contribution in [1.82, 2.24) is 4.72 Å². The van der Waals surface area contributed by atoms with Crippen LogP contribution in [0.3, 0.4) is 0 Å². The molecular formula is C11H20BrNO4S. The highest BCUT2D eigenvalue weighted by atomic mass is 79.9. The molecule has 0 spiro atoms. The first-order valence-corrected chi connectivity index (χ1v) is 7.58. The summed E-state index contributed by atoms with van der Waals surface area (Å²) in [7, 11) is 0. The number of alkyl halides is 1. The summed E-state index contributed by atoms with van der Waals surface area (Å²) in [4.78, 5) is 22.8. The zero-order valence-electron chi connectivity index (χ0n) is 11.1. The molecule has 0 aromatic heterocycles. The van der Waals surface area contributed by atoms with E-state index < -0.39 is 16.9 Å². The second-order valence-electron chi connectivity index (χ2n) is 4.62. The molecule has 0 aromatic carbocycles. The van der Waals surface area contributed by atoms with Crippen molar-refractivity contribution in [3.05, 3.63) is 0 Å². The predicted octanol–water partition coefficient (Wildman–Crippen LogP) is 2.88. The van der Waals surface area contributed by atoms with Crippen LogP contribution in [0.5, 0.6) is 0 Å². The van der Waals surface area contributed by atoms with Crippen LogP contribution < -0.4 is 4.72 Å². The molecule has 5 nitrogen and oxygen atoms in total. The number of rotatable bonds is 6. The third-order valence-corrected chi connectivity index (χ3v) is 2.87. The minimum atomic E-state index is -0.558. The van der Waals surface area contributed by atoms with Gasteiger partial charge in [-0.05, 0) is 34.1 Å². The van der Waals surface area contributed by atoms with Gasteiger partial charge in [-0.2, -0.15) is 0 Å². The second kappa shape index (κ2) is 8.77. The number of nitrogens with one attached hydrogen (secondary N) is 1. The summed E-state index contributed by atoms with van der Waals surface area (Å²) in [6, 6.07) is -0.558. The molecule has 18 heavy (non-hydrogen) atoms. The fourth-order valence-corrected chi connectivity index (χ4v) is 1.70. The quantitative estimate of drug-likeness (QED) is 0.347. The van der Waals surface area contributed by atoms with Crippen LogP contribution in [-0.4, -0.2) is 34.9 Å². The van der Waals surface area contributed by atoms with E-state index >= 15 is 0 Å². The summed E-state index contributed by atoms with van der Waals surface area (Å²) in [6.07, 6.45) is 0.762. The highest BCUT2D eigenvalue weighted by Crippen LogP contribution is 2.13. The minimum Gasteiger partial charge on any atom is -0.464 e. The molecule has 0 aliphatic heterocycles. The summed E-state index contributed by atoms with van der Waals surface area (Å²) in [5.74, 6) is -0.382. The lowest BCUT2D eigenvalue weighted by Gasteiger charge is -2.19. The molecule has 7 heteroatoms. The van der Waals surface area contributed by atoms with Crippen molar-refractivity contribution in [2.24, 2.45) is 0 Å². The van der Waals surface area contributed by atoms with Gasteiger partial charge in [-0.25, -0.2) is 9.52 Å². The van der Waals surface area contributed by atoms with Crippen LogP contribution in [0.4, 0.5) is 4.79 Å². The van der Waals surface area contributed by atoms with Crippen molar-refractivity contribution in [2.75, 3.05) is 11.9 Å². The Kier molecular flexibility index (Phi) is 8.64. The van der Waals surface area contributed by atoms with Crippen molar-refractivity contribution >= 4 is 39.1 Å². The molecule has 0 bridgehead atoms. The number of halogens is 1. The van der Waals surface area contributed by atoms with Gasteiger partial charge in [0.1, 0.15) is 11.6 Å². The van der Waals surface area contributed by atoms with Crippen LogP contribution >= 0.6 is 27.9 Å². The van der Waals surface area contributed by atoms with Gasteiger partial charge in [-0.1, -0.05) is 15.9 Å². The van der Waals surface area contributed by atoms with E-state index in [4.69, 9.17) is 9.47 Å². The molecule has 0 unspecified atom stereocenters. The van der Waals surface area contributed by atoms with Gasteiger partial charge >= 0.3 is 11.3 Å². The monoisotopic (exact) mass is 341 g/mol. The van der Waals surface area contributed by atoms with Crippen molar-refractivity contribution in [1.29, 1.82) is 0 Å². The summed E-state index contributed by atoms with van der Waals surface area (Å²) < 4.78 is 12.7. The maximum absolute atomic E-state index is 11.5. The molecule has 0 radical (unpaired) electrons. The van der Waals surface area contributed by atoms with E-state index in [1.54, 1.807) is 27.7 Å². The number of esters is 1. The number of hydrogen-bond acceptors (Lipinski definition) is 6. The largest absolute Gasteiger partial charge is 0.464 e. The molecule has 0 saturated heterocycles. The van der Waals surface area contributed by atoms with Crippen molar-refractivity contribution in [2.45, 2.75) is 45.8 Å². The molecule has 0 heterocycles. The molecule has 0 fully saturated rings. The first-order chi connectivity index (χ1) is 8.26. The first-order valence-electron chi connectivity index (χ1n) is 5.64. The fraction of sp³-hybridized carbons (Fsp3) is 0.818. The lowest BCUT2D eigenvalue weighted by molar-refractivity contribution is -0.145. The number of ether oxygens (including phenoxy) is 2. The average molecular weight is 342 g/mol. The minimum absolute atomic E-state index is 0.368. The summed E-state index contributed by atoms with van der Waals surface area (Å²) >= 11 is 4.00. The summed E-state index contributed by atoms with van der Waals surface area (Å²) in [5.41, 5.74) is -0.536. The zero-order valence-corrected chi connectivity index (χ0v) is 13.5. The molecule has 106 valence electrons. The molecule has 0 saturated carbocycles. The molecule has 0 rings (SSSR count). The summed E-state index contributed by atoms with van der Waals surface area (Å²) in [5, 5.41) is 0.317. The van der Waals surface area contributed by atoms with Gasteiger partial charge in [0.25, 0.3) is 0 Å². The van der Waals surface area contributed by atoms with E-state index in [1.165, 1.54) is 0 Å². The topological polar surface area (TPSA) is 64.6 Å². The van der Waals surface area contributed by atoms with Crippen LogP contribution in [0.15, 0.2) is 0 Å². The van der Waals surface area contributed by atoms with Gasteiger partial charge in [0.05, 0.1) is 6.61 Å². The van der Waals surface area contributed by atoms with E-state index in [9.17, 15) is 9.59 Å². The SMILES string of the molecule is C[C@H](NSC(=O)OC(C)(C)C)C(=O)OCCCBr. The van der Waals surface area contributed by atoms with Gasteiger partial charge in [0, 0.05) is 17.3 Å². The normalized spacial score (nSPS) is 12.9. The van der Waals surface area contributed by atoms with Crippen LogP contribution in [0.25, 0.3) is 0 Å². The Labute approximate surface area is 121 Å². The third-order valence-electron chi connectivity index (χ3n) is 1.58. The van der Waals surface area contributed by atoms with E-state index in [-0.39, 0.29) is 5.97 Å². The number of hydrogen-bond donors (Lipinski definition) is 1. The predicted molar refractivity (Wildman–Crippen MR) is 75.8 cm³/mol. The van der Waals surface area contributed by atoms with Crippen molar-refractivity contribution in [3.8, 4) is 0 Å². The van der Waals surface area contributed by atoms with Crippen LogP contribution in [0.2, 0.25) is 0 Å². The standard InChI is InChI=1S/C11H20BrNO4S/c1-8(9(14)16-7-5-6-12)13-18-10(15)17-11(2,3)4/h8,13H,5-7H2,1-4H3/t8-/m0/s1. The maximum atomic E-state index is 11.5. The van der Waals surface area contributed by atoms with E-state index in [0.717, 1.165) is 23.7 Å². The average Bonchev–Trinajstić information content (AvgIpc) is 2.23. The van der Waals surface area contributed by atoms with Crippen LogP contribution in [0, 0.1) is 0 Å². The highest BCUT2D eigenvalue weighted by Gasteiger charge is 2.20. The zero-order chi connectivity index (χ0) is 14.2. The fourth-order valence-electron chi connectivity index (χ4n) is 0.808. The molecule has 0 aliphatic carbocycles. The maximum Gasteiger partial charge on any atom is 0.383 e. The Balaban J connectivity index is 3.84. The Morgan fingerprint density at radius 1 is 1.39 bits per heavy atom. The summed E-state index contributed by atoms with van der Waals surface area (Å²) in [6.45, 7) is 7.34. The smallest absolute Gasteiger partial charge is 0.383 e. The number of carbonyl (C=O) groups is 2. The van der Waals surface area contributed by atoms with Crippen molar-refractivity contribution in [3.63, 3.8) is 0 Å².